The van der Waals surface area contributed by atoms with Crippen molar-refractivity contribution in [1.82, 2.24) is 0 Å². The van der Waals surface area contributed by atoms with E-state index in [0.29, 0.717) is 13.0 Å². The van der Waals surface area contributed by atoms with E-state index in [1.165, 1.54) is 51.4 Å². The van der Waals surface area contributed by atoms with Crippen molar-refractivity contribution in [1.29, 1.82) is 0 Å². The molecule has 0 aliphatic heterocycles. The maximum Gasteiger partial charge on any atom is 1.00 e. The average molecular weight is 574 g/mol. The summed E-state index contributed by atoms with van der Waals surface area (Å²) in [5.74, 6) is -1.13. The van der Waals surface area contributed by atoms with Crippen LogP contribution in [0.3, 0.4) is 0 Å². The first-order chi connectivity index (χ1) is 17.5. The van der Waals surface area contributed by atoms with Gasteiger partial charge in [0.25, 0.3) is 0 Å². The van der Waals surface area contributed by atoms with Crippen LogP contribution in [0, 0.1) is 0 Å². The van der Waals surface area contributed by atoms with Crippen molar-refractivity contribution >= 4 is 28.4 Å². The number of nitrogens with two attached hydrogens (primary N) is 1. The van der Waals surface area contributed by atoms with Gasteiger partial charge in [0.2, 0.25) is 0 Å². The van der Waals surface area contributed by atoms with Crippen LogP contribution in [0.15, 0.2) is 30.3 Å². The van der Waals surface area contributed by atoms with Crippen LogP contribution in [0.2, 0.25) is 0 Å². The van der Waals surface area contributed by atoms with Gasteiger partial charge in [-0.15, -0.1) is 0 Å². The standard InChI is InChI=1S/C17H32O4.C8H9NO2.Na.H2O4S.H/c1-2-3-4-5-6-7-8-9-10-11-15-21-17(20)14-12-13-16(18)19;9-8(10)11-6-7-4-2-1-3-5-7;;1-5(2,3)4;/h2-15H2,1H3,(H,18,19);1-5H,6H2,(H2,9,10);;(H2,1,2,3,4);/q;;+1;;-1. The fraction of sp³-hybridized carbons (Fsp3) is 0.640. The molecule has 0 spiro atoms. The van der Waals surface area contributed by atoms with Gasteiger partial charge in [0, 0.05) is 12.8 Å². The van der Waals surface area contributed by atoms with Gasteiger partial charge in [0.1, 0.15) is 6.61 Å². The molecule has 1 aromatic carbocycles. The molecule has 0 aromatic heterocycles. The Kier molecular flexibility index (Phi) is 30.4. The Bertz CT molecular complexity index is 821. The van der Waals surface area contributed by atoms with Crippen LogP contribution in [0.25, 0.3) is 0 Å². The summed E-state index contributed by atoms with van der Waals surface area (Å²) in [4.78, 5) is 31.7. The third-order valence-electron chi connectivity index (χ3n) is 4.76. The van der Waals surface area contributed by atoms with Crippen molar-refractivity contribution in [2.45, 2.75) is 97.0 Å². The topological polar surface area (TPSA) is 191 Å². The van der Waals surface area contributed by atoms with E-state index in [1.54, 1.807) is 0 Å². The summed E-state index contributed by atoms with van der Waals surface area (Å²) in [7, 11) is -4.67. The van der Waals surface area contributed by atoms with E-state index in [0.717, 1.165) is 18.4 Å². The number of esters is 1. The molecule has 0 fully saturated rings. The number of hydrogen-bond acceptors (Lipinski definition) is 7. The second-order valence-electron chi connectivity index (χ2n) is 8.19. The summed E-state index contributed by atoms with van der Waals surface area (Å²) in [6.45, 7) is 2.96. The number of primary amides is 1. The first-order valence-electron chi connectivity index (χ1n) is 12.5. The molecule has 0 atom stereocenters. The van der Waals surface area contributed by atoms with Crippen LogP contribution in [-0.2, 0) is 36.1 Å². The Morgan fingerprint density at radius 1 is 0.816 bits per heavy atom. The average Bonchev–Trinajstić information content (AvgIpc) is 2.81. The van der Waals surface area contributed by atoms with Crippen LogP contribution in [-0.4, -0.2) is 47.3 Å². The number of benzene rings is 1. The molecule has 0 saturated carbocycles. The van der Waals surface area contributed by atoms with Gasteiger partial charge in [-0.25, -0.2) is 4.79 Å². The van der Waals surface area contributed by atoms with E-state index in [1.807, 2.05) is 30.3 Å². The van der Waals surface area contributed by atoms with Crippen LogP contribution in [0.1, 0.15) is 97.4 Å². The van der Waals surface area contributed by atoms with Gasteiger partial charge in [-0.05, 0) is 18.4 Å². The summed E-state index contributed by atoms with van der Waals surface area (Å²) < 4.78 is 41.2. The minimum Gasteiger partial charge on any atom is -1.00 e. The number of carboxylic acids is 1. The number of amides is 1. The number of aliphatic carboxylic acids is 1. The van der Waals surface area contributed by atoms with Crippen LogP contribution < -0.4 is 35.3 Å². The molecule has 5 N–H and O–H groups in total. The maximum atomic E-state index is 11.3. The molecular weight excluding hydrogens is 529 g/mol. The molecular formula is C25H44NNaO10S. The third kappa shape index (κ3) is 41.4. The molecule has 38 heavy (non-hydrogen) atoms. The molecule has 1 aromatic rings. The Morgan fingerprint density at radius 3 is 1.74 bits per heavy atom. The molecule has 216 valence electrons. The fourth-order valence-electron chi connectivity index (χ4n) is 2.96. The molecule has 0 aliphatic rings. The maximum absolute atomic E-state index is 11.3. The number of carbonyl (C=O) groups excluding carboxylic acids is 2. The van der Waals surface area contributed by atoms with E-state index in [2.05, 4.69) is 11.7 Å². The van der Waals surface area contributed by atoms with Gasteiger partial charge in [0.05, 0.1) is 6.61 Å². The summed E-state index contributed by atoms with van der Waals surface area (Å²) >= 11 is 0. The molecule has 13 heteroatoms. The second kappa shape index (κ2) is 28.3. The second-order valence-corrected chi connectivity index (χ2v) is 9.09. The van der Waals surface area contributed by atoms with Crippen molar-refractivity contribution in [3.05, 3.63) is 35.9 Å². The molecule has 0 saturated heterocycles. The molecule has 0 heterocycles. The van der Waals surface area contributed by atoms with E-state index in [9.17, 15) is 14.4 Å². The predicted octanol–water partition coefficient (Wildman–Crippen LogP) is 2.45. The molecule has 1 amide bonds. The van der Waals surface area contributed by atoms with Gasteiger partial charge in [-0.3, -0.25) is 18.7 Å². The van der Waals surface area contributed by atoms with Crippen molar-refractivity contribution < 1.29 is 77.5 Å². The quantitative estimate of drug-likeness (QED) is 0.0931. The molecule has 11 nitrogen and oxygen atoms in total. The van der Waals surface area contributed by atoms with Gasteiger partial charge in [0.15, 0.2) is 0 Å². The smallest absolute Gasteiger partial charge is 1.00 e. The van der Waals surface area contributed by atoms with Gasteiger partial charge in [-0.1, -0.05) is 95.0 Å². The molecule has 0 radical (unpaired) electrons. The normalized spacial score (nSPS) is 9.97. The monoisotopic (exact) mass is 573 g/mol. The number of carboxylic acid groups (broad SMARTS) is 1. The first kappa shape index (κ1) is 40.8. The van der Waals surface area contributed by atoms with Crippen LogP contribution in [0.4, 0.5) is 4.79 Å². The number of unbranched alkanes of at least 4 members (excludes halogenated alkanes) is 9. The number of ether oxygens (including phenoxy) is 2. The minimum atomic E-state index is -4.67. The molecule has 0 unspecified atom stereocenters. The van der Waals surface area contributed by atoms with Gasteiger partial charge >= 0.3 is 58.0 Å². The number of rotatable bonds is 17. The fourth-order valence-corrected chi connectivity index (χ4v) is 2.96. The SMILES string of the molecule is CCCCCCCCCCCCOC(=O)CCCC(=O)O.NC(=O)OCc1ccccc1.O=S(=O)(O)O.[H-].[Na+]. The van der Waals surface area contributed by atoms with Crippen molar-refractivity contribution in [2.24, 2.45) is 5.73 Å². The summed E-state index contributed by atoms with van der Waals surface area (Å²) in [5, 5.41) is 8.45. The van der Waals surface area contributed by atoms with Crippen LogP contribution >= 0.6 is 0 Å². The Balaban J connectivity index is -0.000000284. The van der Waals surface area contributed by atoms with E-state index in [-0.39, 0.29) is 56.4 Å². The summed E-state index contributed by atoms with van der Waals surface area (Å²) in [6, 6.07) is 9.37. The predicted molar refractivity (Wildman–Crippen MR) is 140 cm³/mol. The minimum absolute atomic E-state index is 0. The third-order valence-corrected chi connectivity index (χ3v) is 4.76. The van der Waals surface area contributed by atoms with E-state index < -0.39 is 22.5 Å². The van der Waals surface area contributed by atoms with E-state index >= 15 is 0 Å². The molecule has 0 aliphatic carbocycles. The first-order valence-corrected chi connectivity index (χ1v) is 13.9. The molecule has 1 rings (SSSR count). The molecule has 0 bridgehead atoms. The Morgan fingerprint density at radius 2 is 1.29 bits per heavy atom. The summed E-state index contributed by atoms with van der Waals surface area (Å²) in [6.07, 6.45) is 12.4. The number of carbonyl (C=O) groups is 3. The van der Waals surface area contributed by atoms with Crippen molar-refractivity contribution in [3.63, 3.8) is 0 Å². The van der Waals surface area contributed by atoms with E-state index in [4.69, 9.17) is 33.1 Å². The number of hydrogen-bond donors (Lipinski definition) is 4. The summed E-state index contributed by atoms with van der Waals surface area (Å²) in [5.41, 5.74) is 5.72. The van der Waals surface area contributed by atoms with Gasteiger partial charge < -0.3 is 21.7 Å². The zero-order chi connectivity index (χ0) is 28.4. The van der Waals surface area contributed by atoms with Gasteiger partial charge in [-0.2, -0.15) is 8.42 Å². The van der Waals surface area contributed by atoms with Crippen molar-refractivity contribution in [3.8, 4) is 0 Å². The Labute approximate surface area is 250 Å². The zero-order valence-corrected chi connectivity index (χ0v) is 25.5. The van der Waals surface area contributed by atoms with Crippen molar-refractivity contribution in [2.75, 3.05) is 6.61 Å². The Hall–Kier alpha value is -1.70. The largest absolute Gasteiger partial charge is 1.00 e. The zero-order valence-electron chi connectivity index (χ0n) is 23.7. The van der Waals surface area contributed by atoms with Crippen LogP contribution in [0.5, 0.6) is 0 Å².